The van der Waals surface area contributed by atoms with E-state index < -0.39 is 54.6 Å². The van der Waals surface area contributed by atoms with Crippen molar-refractivity contribution in [3.05, 3.63) is 39.4 Å². The van der Waals surface area contributed by atoms with Crippen LogP contribution in [0.25, 0.3) is 6.08 Å². The normalized spacial score (nSPS) is 18.2. The summed E-state index contributed by atoms with van der Waals surface area (Å²) in [6.45, 7) is -0.835. The molecule has 8 nitrogen and oxygen atoms in total. The standard InChI is InChI=1S/C16H13F6NO7/c1-9-6-11(29-16(20,21)22)7-10-2-4-14(15(17,18)19,30-13(9)10)8-27-12(24)3-5-28-23(25)26/h2,4,6-7H,3,5,8H2,1H3. The zero-order valence-electron chi connectivity index (χ0n) is 15.0. The van der Waals surface area contributed by atoms with E-state index in [0.717, 1.165) is 18.2 Å². The van der Waals surface area contributed by atoms with E-state index >= 15 is 0 Å². The molecular formula is C16H13F6NO7. The number of esters is 1. The fourth-order valence-electron chi connectivity index (χ4n) is 2.44. The molecule has 1 aliphatic rings. The minimum absolute atomic E-state index is 0.0876. The average molecular weight is 445 g/mol. The van der Waals surface area contributed by atoms with Crippen molar-refractivity contribution in [3.63, 3.8) is 0 Å². The predicted octanol–water partition coefficient (Wildman–Crippen LogP) is 3.74. The minimum atomic E-state index is -5.08. The Morgan fingerprint density at radius 1 is 1.23 bits per heavy atom. The van der Waals surface area contributed by atoms with E-state index in [1.54, 1.807) is 0 Å². The highest BCUT2D eigenvalue weighted by molar-refractivity contribution is 5.70. The van der Waals surface area contributed by atoms with Crippen molar-refractivity contribution in [2.75, 3.05) is 13.2 Å². The highest BCUT2D eigenvalue weighted by atomic mass is 19.4. The molecule has 0 fully saturated rings. The summed E-state index contributed by atoms with van der Waals surface area (Å²) >= 11 is 0. The number of aryl methyl sites for hydroxylation is 1. The SMILES string of the molecule is Cc1cc(OC(F)(F)F)cc2c1OC(COC(=O)CCO[N+](=O)[O-])(C(F)(F)F)C=C2. The number of rotatable bonds is 7. The zero-order chi connectivity index (χ0) is 22.7. The maximum atomic E-state index is 13.7. The van der Waals surface area contributed by atoms with Crippen LogP contribution < -0.4 is 9.47 Å². The molecule has 2 rings (SSSR count). The molecule has 0 saturated heterocycles. The van der Waals surface area contributed by atoms with Gasteiger partial charge in [0, 0.05) is 5.56 Å². The summed E-state index contributed by atoms with van der Waals surface area (Å²) < 4.78 is 91.5. The molecule has 166 valence electrons. The highest BCUT2D eigenvalue weighted by Gasteiger charge is 2.58. The van der Waals surface area contributed by atoms with Gasteiger partial charge in [-0.25, -0.2) is 0 Å². The summed E-state index contributed by atoms with van der Waals surface area (Å²) in [4.78, 5) is 25.4. The van der Waals surface area contributed by atoms with Gasteiger partial charge >= 0.3 is 18.5 Å². The van der Waals surface area contributed by atoms with Gasteiger partial charge in [0.2, 0.25) is 0 Å². The van der Waals surface area contributed by atoms with Crippen LogP contribution in [0, 0.1) is 17.0 Å². The topological polar surface area (TPSA) is 97.1 Å². The molecule has 0 N–H and O–H groups in total. The number of nitrogens with zero attached hydrogens (tertiary/aromatic N) is 1. The molecule has 0 radical (unpaired) electrons. The number of fused-ring (bicyclic) bond motifs is 1. The van der Waals surface area contributed by atoms with E-state index in [9.17, 15) is 41.3 Å². The molecule has 1 unspecified atom stereocenters. The van der Waals surface area contributed by atoms with Crippen molar-refractivity contribution < 1.29 is 55.3 Å². The van der Waals surface area contributed by atoms with Gasteiger partial charge in [-0.15, -0.1) is 23.3 Å². The van der Waals surface area contributed by atoms with E-state index in [2.05, 4.69) is 14.3 Å². The van der Waals surface area contributed by atoms with Crippen molar-refractivity contribution in [1.29, 1.82) is 0 Å². The van der Waals surface area contributed by atoms with Crippen LogP contribution in [-0.2, 0) is 14.4 Å². The highest BCUT2D eigenvalue weighted by Crippen LogP contribution is 2.44. The molecule has 1 aromatic carbocycles. The summed E-state index contributed by atoms with van der Waals surface area (Å²) in [6, 6.07) is 1.68. The predicted molar refractivity (Wildman–Crippen MR) is 84.8 cm³/mol. The Balaban J connectivity index is 2.22. The van der Waals surface area contributed by atoms with Crippen LogP contribution in [0.5, 0.6) is 11.5 Å². The number of carbonyl (C=O) groups excluding carboxylic acids is 1. The molecule has 1 atom stereocenters. The Kier molecular flexibility index (Phi) is 6.37. The van der Waals surface area contributed by atoms with E-state index in [-0.39, 0.29) is 16.9 Å². The Morgan fingerprint density at radius 3 is 2.47 bits per heavy atom. The first kappa shape index (κ1) is 23.1. The van der Waals surface area contributed by atoms with Gasteiger partial charge in [-0.05, 0) is 30.7 Å². The molecule has 0 aliphatic carbocycles. The molecular weight excluding hydrogens is 432 g/mol. The second-order valence-electron chi connectivity index (χ2n) is 6.00. The lowest BCUT2D eigenvalue weighted by atomic mass is 9.96. The van der Waals surface area contributed by atoms with Crippen LogP contribution in [0.3, 0.4) is 0 Å². The third kappa shape index (κ3) is 5.67. The largest absolute Gasteiger partial charge is 0.573 e. The number of benzene rings is 1. The first-order valence-electron chi connectivity index (χ1n) is 8.01. The first-order chi connectivity index (χ1) is 13.7. The fraction of sp³-hybridized carbons (Fsp3) is 0.438. The lowest BCUT2D eigenvalue weighted by molar-refractivity contribution is -0.757. The number of halogens is 6. The van der Waals surface area contributed by atoms with E-state index in [0.29, 0.717) is 6.08 Å². The second kappa shape index (κ2) is 8.28. The maximum absolute atomic E-state index is 13.7. The third-order valence-corrected chi connectivity index (χ3v) is 3.76. The zero-order valence-corrected chi connectivity index (χ0v) is 15.0. The summed E-state index contributed by atoms with van der Waals surface area (Å²) in [5.41, 5.74) is -3.31. The Labute approximate surface area is 164 Å². The maximum Gasteiger partial charge on any atom is 0.573 e. The van der Waals surface area contributed by atoms with Gasteiger partial charge in [0.15, 0.2) is 0 Å². The van der Waals surface area contributed by atoms with Crippen molar-refractivity contribution in [1.82, 2.24) is 0 Å². The smallest absolute Gasteiger partial charge is 0.469 e. The average Bonchev–Trinajstić information content (AvgIpc) is 2.57. The molecule has 30 heavy (non-hydrogen) atoms. The van der Waals surface area contributed by atoms with Gasteiger partial charge in [0.1, 0.15) is 24.7 Å². The number of carbonyl (C=O) groups is 1. The lowest BCUT2D eigenvalue weighted by Crippen LogP contribution is -2.53. The summed E-state index contributed by atoms with van der Waals surface area (Å²) in [5.74, 6) is -2.24. The summed E-state index contributed by atoms with van der Waals surface area (Å²) in [7, 11) is 0. The van der Waals surface area contributed by atoms with Gasteiger partial charge in [-0.2, -0.15) is 13.2 Å². The van der Waals surface area contributed by atoms with Crippen molar-refractivity contribution in [2.24, 2.45) is 0 Å². The Bertz CT molecular complexity index is 852. The number of hydrogen-bond donors (Lipinski definition) is 0. The van der Waals surface area contributed by atoms with Gasteiger partial charge in [0.25, 0.3) is 10.7 Å². The molecule has 1 heterocycles. The number of ether oxygens (including phenoxy) is 3. The molecule has 14 heteroatoms. The van der Waals surface area contributed by atoms with Crippen LogP contribution in [-0.4, -0.2) is 42.4 Å². The second-order valence-corrected chi connectivity index (χ2v) is 6.00. The quantitative estimate of drug-likeness (QED) is 0.273. The minimum Gasteiger partial charge on any atom is -0.469 e. The first-order valence-corrected chi connectivity index (χ1v) is 8.01. The van der Waals surface area contributed by atoms with E-state index in [1.807, 2.05) is 0 Å². The van der Waals surface area contributed by atoms with Gasteiger partial charge in [-0.1, -0.05) is 6.08 Å². The Morgan fingerprint density at radius 2 is 1.90 bits per heavy atom. The van der Waals surface area contributed by atoms with Gasteiger partial charge < -0.3 is 19.0 Å². The molecule has 0 spiro atoms. The monoisotopic (exact) mass is 445 g/mol. The summed E-state index contributed by atoms with van der Waals surface area (Å²) in [5, 5.41) is 8.81. The van der Waals surface area contributed by atoms with E-state index in [4.69, 9.17) is 4.74 Å². The van der Waals surface area contributed by atoms with Crippen molar-refractivity contribution in [3.8, 4) is 11.5 Å². The summed E-state index contributed by atoms with van der Waals surface area (Å²) in [6.07, 6.45) is -9.40. The van der Waals surface area contributed by atoms with Gasteiger partial charge in [-0.3, -0.25) is 4.79 Å². The Hall–Kier alpha value is -3.19. The van der Waals surface area contributed by atoms with Gasteiger partial charge in [0.05, 0.1) is 6.42 Å². The molecule has 1 aliphatic heterocycles. The molecule has 0 saturated carbocycles. The lowest BCUT2D eigenvalue weighted by Gasteiger charge is -2.36. The third-order valence-electron chi connectivity index (χ3n) is 3.76. The van der Waals surface area contributed by atoms with Crippen LogP contribution >= 0.6 is 0 Å². The molecule has 0 aromatic heterocycles. The van der Waals surface area contributed by atoms with E-state index in [1.165, 1.54) is 6.92 Å². The molecule has 0 bridgehead atoms. The number of hydrogen-bond acceptors (Lipinski definition) is 7. The van der Waals surface area contributed by atoms with Crippen LogP contribution in [0.15, 0.2) is 18.2 Å². The molecule has 0 amide bonds. The van der Waals surface area contributed by atoms with Crippen molar-refractivity contribution in [2.45, 2.75) is 31.5 Å². The van der Waals surface area contributed by atoms with Crippen molar-refractivity contribution >= 4 is 12.0 Å². The van der Waals surface area contributed by atoms with Crippen LogP contribution in [0.2, 0.25) is 0 Å². The van der Waals surface area contributed by atoms with Crippen LogP contribution in [0.1, 0.15) is 17.5 Å². The molecule has 1 aromatic rings. The van der Waals surface area contributed by atoms with Crippen LogP contribution in [0.4, 0.5) is 26.3 Å². The fourth-order valence-corrected chi connectivity index (χ4v) is 2.44. The number of alkyl halides is 6.